The SMILES string of the molecule is COC(=O)COc1ccc(CN2C(=O)c3cc(OC)c(OC)cc3N(Cc3ccccc3)C(=O)[C@@H]2C(C)C)cc1. The van der Waals surface area contributed by atoms with Crippen LogP contribution in [0, 0.1) is 5.92 Å². The molecule has 0 saturated heterocycles. The highest BCUT2D eigenvalue weighted by Crippen LogP contribution is 2.40. The third-order valence-corrected chi connectivity index (χ3v) is 6.81. The van der Waals surface area contributed by atoms with E-state index >= 15 is 0 Å². The Labute approximate surface area is 234 Å². The summed E-state index contributed by atoms with van der Waals surface area (Å²) < 4.78 is 21.1. The molecule has 40 heavy (non-hydrogen) atoms. The standard InChI is InChI=1S/C31H34N2O7/c1-20(2)29-31(36)32(17-21-9-7-6-8-10-21)25-16-27(38-4)26(37-3)15-24(25)30(35)33(29)18-22-11-13-23(14-12-22)40-19-28(34)39-5/h6-16,20,29H,17-19H2,1-5H3/t29-/m0/s1. The first kappa shape index (κ1) is 28.5. The third kappa shape index (κ3) is 6.03. The van der Waals surface area contributed by atoms with Crippen LogP contribution < -0.4 is 19.1 Å². The number of nitrogens with zero attached hydrogens (tertiary/aromatic N) is 2. The maximum absolute atomic E-state index is 14.3. The van der Waals surface area contributed by atoms with Crippen LogP contribution in [0.2, 0.25) is 0 Å². The minimum Gasteiger partial charge on any atom is -0.493 e. The first-order chi connectivity index (χ1) is 19.3. The summed E-state index contributed by atoms with van der Waals surface area (Å²) in [5.74, 6) is 0.192. The highest BCUT2D eigenvalue weighted by molar-refractivity contribution is 6.11. The van der Waals surface area contributed by atoms with Crippen molar-refractivity contribution in [3.63, 3.8) is 0 Å². The normalized spacial score (nSPS) is 15.0. The van der Waals surface area contributed by atoms with Gasteiger partial charge in [-0.2, -0.15) is 0 Å². The minimum absolute atomic E-state index is 0.171. The molecule has 4 rings (SSSR count). The van der Waals surface area contributed by atoms with Crippen molar-refractivity contribution in [2.24, 2.45) is 5.92 Å². The van der Waals surface area contributed by atoms with E-state index < -0.39 is 12.0 Å². The Morgan fingerprint density at radius 3 is 2.08 bits per heavy atom. The maximum atomic E-state index is 14.3. The highest BCUT2D eigenvalue weighted by Gasteiger charge is 2.42. The summed E-state index contributed by atoms with van der Waals surface area (Å²) in [4.78, 5) is 43.2. The number of hydrogen-bond acceptors (Lipinski definition) is 7. The molecule has 0 aliphatic carbocycles. The fourth-order valence-electron chi connectivity index (χ4n) is 4.79. The predicted molar refractivity (Wildman–Crippen MR) is 150 cm³/mol. The lowest BCUT2D eigenvalue weighted by atomic mass is 9.99. The lowest BCUT2D eigenvalue weighted by molar-refractivity contribution is -0.142. The van der Waals surface area contributed by atoms with Gasteiger partial charge >= 0.3 is 5.97 Å². The van der Waals surface area contributed by atoms with Gasteiger partial charge in [-0.15, -0.1) is 0 Å². The van der Waals surface area contributed by atoms with E-state index in [0.29, 0.717) is 35.0 Å². The van der Waals surface area contributed by atoms with Crippen molar-refractivity contribution in [1.82, 2.24) is 4.90 Å². The van der Waals surface area contributed by atoms with E-state index in [9.17, 15) is 14.4 Å². The number of carbonyl (C=O) groups is 3. The van der Waals surface area contributed by atoms with E-state index in [1.807, 2.05) is 56.3 Å². The van der Waals surface area contributed by atoms with E-state index in [1.54, 1.807) is 34.1 Å². The number of methoxy groups -OCH3 is 3. The Hall–Kier alpha value is -4.53. The highest BCUT2D eigenvalue weighted by atomic mass is 16.6. The minimum atomic E-state index is -0.726. The number of ether oxygens (including phenoxy) is 4. The number of esters is 1. The summed E-state index contributed by atoms with van der Waals surface area (Å²) in [5.41, 5.74) is 2.55. The van der Waals surface area contributed by atoms with Crippen LogP contribution in [0.1, 0.15) is 35.3 Å². The summed E-state index contributed by atoms with van der Waals surface area (Å²) in [6, 6.07) is 19.3. The molecular weight excluding hydrogens is 512 g/mol. The molecular formula is C31H34N2O7. The Balaban J connectivity index is 1.76. The molecule has 9 nitrogen and oxygen atoms in total. The Kier molecular flexibility index (Phi) is 8.93. The average molecular weight is 547 g/mol. The monoisotopic (exact) mass is 546 g/mol. The van der Waals surface area contributed by atoms with Crippen LogP contribution in [0.4, 0.5) is 5.69 Å². The van der Waals surface area contributed by atoms with Gasteiger partial charge in [0.15, 0.2) is 18.1 Å². The van der Waals surface area contributed by atoms with Crippen molar-refractivity contribution in [3.8, 4) is 17.2 Å². The Bertz CT molecular complexity index is 1360. The number of rotatable bonds is 10. The van der Waals surface area contributed by atoms with Crippen LogP contribution in [-0.2, 0) is 27.4 Å². The smallest absolute Gasteiger partial charge is 0.343 e. The Morgan fingerprint density at radius 2 is 1.48 bits per heavy atom. The fraction of sp³-hybridized carbons (Fsp3) is 0.323. The van der Waals surface area contributed by atoms with E-state index in [-0.39, 0.29) is 30.9 Å². The van der Waals surface area contributed by atoms with Crippen molar-refractivity contribution in [2.75, 3.05) is 32.8 Å². The summed E-state index contributed by atoms with van der Waals surface area (Å²) in [5, 5.41) is 0. The molecule has 0 radical (unpaired) electrons. The van der Waals surface area contributed by atoms with Crippen molar-refractivity contribution in [1.29, 1.82) is 0 Å². The van der Waals surface area contributed by atoms with Crippen molar-refractivity contribution < 1.29 is 33.3 Å². The first-order valence-corrected chi connectivity index (χ1v) is 13.0. The second-order valence-electron chi connectivity index (χ2n) is 9.76. The van der Waals surface area contributed by atoms with Gasteiger partial charge in [0.05, 0.1) is 39.1 Å². The van der Waals surface area contributed by atoms with Crippen LogP contribution in [0.15, 0.2) is 66.7 Å². The molecule has 0 spiro atoms. The molecule has 1 aliphatic rings. The van der Waals surface area contributed by atoms with E-state index in [0.717, 1.165) is 11.1 Å². The molecule has 2 amide bonds. The van der Waals surface area contributed by atoms with Gasteiger partial charge in [0.25, 0.3) is 5.91 Å². The van der Waals surface area contributed by atoms with Crippen molar-refractivity contribution >= 4 is 23.5 Å². The van der Waals surface area contributed by atoms with Gasteiger partial charge in [0.2, 0.25) is 5.91 Å². The molecule has 1 aliphatic heterocycles. The molecule has 9 heteroatoms. The second kappa shape index (κ2) is 12.5. The molecule has 0 fully saturated rings. The van der Waals surface area contributed by atoms with Crippen molar-refractivity contribution in [3.05, 3.63) is 83.4 Å². The summed E-state index contributed by atoms with van der Waals surface area (Å²) >= 11 is 0. The summed E-state index contributed by atoms with van der Waals surface area (Å²) in [6.07, 6.45) is 0. The first-order valence-electron chi connectivity index (χ1n) is 13.0. The number of amides is 2. The zero-order valence-corrected chi connectivity index (χ0v) is 23.4. The van der Waals surface area contributed by atoms with Crippen LogP contribution in [0.25, 0.3) is 0 Å². The van der Waals surface area contributed by atoms with Crippen molar-refractivity contribution in [2.45, 2.75) is 33.0 Å². The zero-order chi connectivity index (χ0) is 28.8. The molecule has 210 valence electrons. The topological polar surface area (TPSA) is 94.6 Å². The van der Waals surface area contributed by atoms with E-state index in [1.165, 1.54) is 21.3 Å². The predicted octanol–water partition coefficient (Wildman–Crippen LogP) is 4.47. The van der Waals surface area contributed by atoms with Gasteiger partial charge in [-0.25, -0.2) is 4.79 Å². The molecule has 0 aromatic heterocycles. The molecule has 0 unspecified atom stereocenters. The largest absolute Gasteiger partial charge is 0.493 e. The Morgan fingerprint density at radius 1 is 0.850 bits per heavy atom. The molecule has 0 bridgehead atoms. The number of fused-ring (bicyclic) bond motifs is 1. The summed E-state index contributed by atoms with van der Waals surface area (Å²) in [6.45, 7) is 4.15. The molecule has 3 aromatic rings. The van der Waals surface area contributed by atoms with Crippen LogP contribution >= 0.6 is 0 Å². The van der Waals surface area contributed by atoms with Crippen LogP contribution in [-0.4, -0.2) is 56.7 Å². The van der Waals surface area contributed by atoms with Gasteiger partial charge < -0.3 is 28.7 Å². The van der Waals surface area contributed by atoms with Gasteiger partial charge in [-0.05, 0) is 35.2 Å². The number of benzene rings is 3. The summed E-state index contributed by atoms with van der Waals surface area (Å²) in [7, 11) is 4.33. The number of hydrogen-bond donors (Lipinski definition) is 0. The molecule has 0 N–H and O–H groups in total. The average Bonchev–Trinajstić information content (AvgIpc) is 3.05. The van der Waals surface area contributed by atoms with Crippen LogP contribution in [0.5, 0.6) is 17.2 Å². The van der Waals surface area contributed by atoms with Crippen LogP contribution in [0.3, 0.4) is 0 Å². The molecule has 1 atom stereocenters. The fourth-order valence-corrected chi connectivity index (χ4v) is 4.79. The maximum Gasteiger partial charge on any atom is 0.343 e. The second-order valence-corrected chi connectivity index (χ2v) is 9.76. The number of carbonyl (C=O) groups excluding carboxylic acids is 3. The van der Waals surface area contributed by atoms with E-state index in [2.05, 4.69) is 4.74 Å². The molecule has 1 heterocycles. The zero-order valence-electron chi connectivity index (χ0n) is 23.4. The number of anilines is 1. The molecule has 0 saturated carbocycles. The van der Waals surface area contributed by atoms with Gasteiger partial charge in [-0.3, -0.25) is 9.59 Å². The lowest BCUT2D eigenvalue weighted by Crippen LogP contribution is -2.50. The van der Waals surface area contributed by atoms with Gasteiger partial charge in [0, 0.05) is 12.6 Å². The quantitative estimate of drug-likeness (QED) is 0.346. The molecule has 3 aromatic carbocycles. The third-order valence-electron chi connectivity index (χ3n) is 6.81. The lowest BCUT2D eigenvalue weighted by Gasteiger charge is -2.33. The van der Waals surface area contributed by atoms with Gasteiger partial charge in [-0.1, -0.05) is 56.3 Å². The van der Waals surface area contributed by atoms with Gasteiger partial charge in [0.1, 0.15) is 11.8 Å². The van der Waals surface area contributed by atoms with E-state index in [4.69, 9.17) is 14.2 Å².